The van der Waals surface area contributed by atoms with Crippen molar-refractivity contribution in [1.82, 2.24) is 5.32 Å². The van der Waals surface area contributed by atoms with Gasteiger partial charge in [0.15, 0.2) is 9.84 Å². The average Bonchev–Trinajstić information content (AvgIpc) is 2.92. The van der Waals surface area contributed by atoms with E-state index in [0.29, 0.717) is 0 Å². The number of halogens is 1. The highest BCUT2D eigenvalue weighted by Gasteiger charge is 2.31. The molecular weight excluding hydrogens is 297 g/mol. The summed E-state index contributed by atoms with van der Waals surface area (Å²) >= 11 is 0. The van der Waals surface area contributed by atoms with Gasteiger partial charge in [-0.2, -0.15) is 0 Å². The van der Waals surface area contributed by atoms with E-state index in [2.05, 4.69) is 5.32 Å². The van der Waals surface area contributed by atoms with Crippen LogP contribution in [0.15, 0.2) is 52.0 Å². The number of nitrogens with one attached hydrogen (secondary N) is 1. The molecule has 1 N–H and O–H groups in total. The van der Waals surface area contributed by atoms with Gasteiger partial charge in [0.1, 0.15) is 16.8 Å². The van der Waals surface area contributed by atoms with Crippen molar-refractivity contribution >= 4 is 15.7 Å². The molecule has 1 aromatic carbocycles. The fourth-order valence-electron chi connectivity index (χ4n) is 1.86. The number of carbonyl (C=O) groups is 1. The predicted octanol–water partition coefficient (Wildman–Crippen LogP) is 2.07. The third-order valence-corrected chi connectivity index (χ3v) is 4.99. The summed E-state index contributed by atoms with van der Waals surface area (Å²) in [7, 11) is -3.81. The summed E-state index contributed by atoms with van der Waals surface area (Å²) in [5.41, 5.74) is 0. The van der Waals surface area contributed by atoms with E-state index < -0.39 is 20.9 Å². The standard InChI is InChI=1S/C14H14FNO4S/c1-10(17)16-9-14(13-3-2-8-20-13)21(18,19)12-6-4-11(15)5-7-12/h2-8,14H,9H2,1H3,(H,16,17)/t14-/m1/s1. The average molecular weight is 311 g/mol. The topological polar surface area (TPSA) is 76.4 Å². The van der Waals surface area contributed by atoms with Crippen LogP contribution in [0.2, 0.25) is 0 Å². The highest BCUT2D eigenvalue weighted by molar-refractivity contribution is 7.91. The van der Waals surface area contributed by atoms with E-state index in [0.717, 1.165) is 12.1 Å². The van der Waals surface area contributed by atoms with Gasteiger partial charge in [0.05, 0.1) is 11.2 Å². The summed E-state index contributed by atoms with van der Waals surface area (Å²) in [4.78, 5) is 11.0. The number of hydrogen-bond acceptors (Lipinski definition) is 4. The van der Waals surface area contributed by atoms with Gasteiger partial charge >= 0.3 is 0 Å². The first-order valence-corrected chi connectivity index (χ1v) is 7.73. The lowest BCUT2D eigenvalue weighted by Crippen LogP contribution is -2.30. The molecule has 112 valence electrons. The molecule has 0 saturated heterocycles. The zero-order valence-corrected chi connectivity index (χ0v) is 12.1. The molecule has 7 heteroatoms. The number of rotatable bonds is 5. The summed E-state index contributed by atoms with van der Waals surface area (Å²) in [5.74, 6) is -0.653. The van der Waals surface area contributed by atoms with Gasteiger partial charge in [-0.15, -0.1) is 0 Å². The fourth-order valence-corrected chi connectivity index (χ4v) is 3.45. The lowest BCUT2D eigenvalue weighted by atomic mass is 10.3. The molecule has 1 atom stereocenters. The highest BCUT2D eigenvalue weighted by atomic mass is 32.2. The number of furan rings is 1. The molecule has 2 rings (SSSR count). The Balaban J connectivity index is 2.39. The molecule has 0 radical (unpaired) electrons. The van der Waals surface area contributed by atoms with Crippen LogP contribution in [0.1, 0.15) is 17.9 Å². The Hall–Kier alpha value is -2.15. The SMILES string of the molecule is CC(=O)NC[C@H](c1ccco1)S(=O)(=O)c1ccc(F)cc1. The van der Waals surface area contributed by atoms with Gasteiger partial charge in [0, 0.05) is 13.5 Å². The van der Waals surface area contributed by atoms with Gasteiger partial charge in [-0.1, -0.05) is 0 Å². The molecule has 1 amide bonds. The van der Waals surface area contributed by atoms with E-state index in [1.165, 1.54) is 31.4 Å². The van der Waals surface area contributed by atoms with E-state index in [4.69, 9.17) is 4.42 Å². The lowest BCUT2D eigenvalue weighted by Gasteiger charge is -2.16. The van der Waals surface area contributed by atoms with Gasteiger partial charge in [-0.05, 0) is 36.4 Å². The van der Waals surface area contributed by atoms with Crippen LogP contribution in [-0.2, 0) is 14.6 Å². The Morgan fingerprint density at radius 3 is 2.48 bits per heavy atom. The quantitative estimate of drug-likeness (QED) is 0.858. The van der Waals surface area contributed by atoms with E-state index in [1.807, 2.05) is 0 Å². The minimum absolute atomic E-state index is 0.0318. The van der Waals surface area contributed by atoms with Crippen molar-refractivity contribution in [3.63, 3.8) is 0 Å². The Kier molecular flexibility index (Phi) is 4.42. The van der Waals surface area contributed by atoms with Gasteiger partial charge < -0.3 is 9.73 Å². The molecule has 0 aliphatic carbocycles. The molecule has 5 nitrogen and oxygen atoms in total. The van der Waals surface area contributed by atoms with Crippen molar-refractivity contribution < 1.29 is 22.0 Å². The molecule has 0 aliphatic rings. The largest absolute Gasteiger partial charge is 0.468 e. The Bertz CT molecular complexity index is 708. The van der Waals surface area contributed by atoms with Gasteiger partial charge in [0.2, 0.25) is 5.91 Å². The Labute approximate surface area is 121 Å². The second-order valence-corrected chi connectivity index (χ2v) is 6.57. The molecular formula is C14H14FNO4S. The van der Waals surface area contributed by atoms with Crippen LogP contribution in [0, 0.1) is 5.82 Å². The third-order valence-electron chi connectivity index (χ3n) is 2.91. The van der Waals surface area contributed by atoms with Crippen LogP contribution < -0.4 is 5.32 Å². The molecule has 1 aromatic heterocycles. The smallest absolute Gasteiger partial charge is 0.216 e. The summed E-state index contributed by atoms with van der Waals surface area (Å²) in [6.45, 7) is 1.17. The summed E-state index contributed by atoms with van der Waals surface area (Å²) in [6, 6.07) is 7.61. The first-order chi connectivity index (χ1) is 9.91. The van der Waals surface area contributed by atoms with Crippen molar-refractivity contribution in [1.29, 1.82) is 0 Å². The Morgan fingerprint density at radius 2 is 1.95 bits per heavy atom. The van der Waals surface area contributed by atoms with Gasteiger partial charge in [-0.3, -0.25) is 4.79 Å². The van der Waals surface area contributed by atoms with Crippen LogP contribution in [0.4, 0.5) is 4.39 Å². The normalized spacial score (nSPS) is 12.9. The zero-order valence-electron chi connectivity index (χ0n) is 11.2. The van der Waals surface area contributed by atoms with Crippen molar-refractivity contribution in [2.24, 2.45) is 0 Å². The minimum atomic E-state index is -3.81. The van der Waals surface area contributed by atoms with E-state index in [1.54, 1.807) is 6.07 Å². The highest BCUT2D eigenvalue weighted by Crippen LogP contribution is 2.28. The first-order valence-electron chi connectivity index (χ1n) is 6.18. The van der Waals surface area contributed by atoms with Crippen LogP contribution in [0.3, 0.4) is 0 Å². The molecule has 0 spiro atoms. The van der Waals surface area contributed by atoms with Crippen molar-refractivity contribution in [3.8, 4) is 0 Å². The second kappa shape index (κ2) is 6.09. The van der Waals surface area contributed by atoms with Crippen LogP contribution in [0.5, 0.6) is 0 Å². The first kappa shape index (κ1) is 15.2. The minimum Gasteiger partial charge on any atom is -0.468 e. The van der Waals surface area contributed by atoms with Crippen molar-refractivity contribution in [2.45, 2.75) is 17.1 Å². The molecule has 2 aromatic rings. The predicted molar refractivity (Wildman–Crippen MR) is 73.7 cm³/mol. The maximum atomic E-state index is 12.9. The second-order valence-electron chi connectivity index (χ2n) is 4.44. The summed E-state index contributed by atoms with van der Waals surface area (Å²) in [5, 5.41) is 1.40. The maximum Gasteiger partial charge on any atom is 0.216 e. The monoisotopic (exact) mass is 311 g/mol. The van der Waals surface area contributed by atoms with E-state index >= 15 is 0 Å². The molecule has 0 unspecified atom stereocenters. The molecule has 0 aliphatic heterocycles. The molecule has 1 heterocycles. The van der Waals surface area contributed by atoms with Crippen molar-refractivity contribution in [3.05, 3.63) is 54.2 Å². The van der Waals surface area contributed by atoms with Gasteiger partial charge in [0.25, 0.3) is 0 Å². The number of sulfone groups is 1. The molecule has 0 fully saturated rings. The number of hydrogen-bond donors (Lipinski definition) is 1. The molecule has 0 saturated carbocycles. The van der Waals surface area contributed by atoms with Crippen LogP contribution in [0.25, 0.3) is 0 Å². The van der Waals surface area contributed by atoms with Crippen LogP contribution in [-0.4, -0.2) is 20.9 Å². The van der Waals surface area contributed by atoms with Crippen LogP contribution >= 0.6 is 0 Å². The number of carbonyl (C=O) groups excluding carboxylic acids is 1. The van der Waals surface area contributed by atoms with Gasteiger partial charge in [-0.25, -0.2) is 12.8 Å². The zero-order chi connectivity index (χ0) is 15.5. The number of amides is 1. The summed E-state index contributed by atoms with van der Waals surface area (Å²) in [6.07, 6.45) is 1.36. The van der Waals surface area contributed by atoms with Crippen molar-refractivity contribution in [2.75, 3.05) is 6.54 Å². The third kappa shape index (κ3) is 3.49. The molecule has 21 heavy (non-hydrogen) atoms. The number of benzene rings is 1. The Morgan fingerprint density at radius 1 is 1.29 bits per heavy atom. The van der Waals surface area contributed by atoms with E-state index in [9.17, 15) is 17.6 Å². The summed E-state index contributed by atoms with van der Waals surface area (Å²) < 4.78 is 43.3. The maximum absolute atomic E-state index is 12.9. The lowest BCUT2D eigenvalue weighted by molar-refractivity contribution is -0.118. The molecule has 0 bridgehead atoms. The fraction of sp³-hybridized carbons (Fsp3) is 0.214. The van der Waals surface area contributed by atoms with E-state index in [-0.39, 0.29) is 23.1 Å².